The summed E-state index contributed by atoms with van der Waals surface area (Å²) in [4.78, 5) is 21.3. The van der Waals surface area contributed by atoms with Crippen molar-refractivity contribution in [2.75, 3.05) is 6.54 Å². The maximum absolute atomic E-state index is 12.3. The Labute approximate surface area is 137 Å². The first-order valence-corrected chi connectivity index (χ1v) is 8.36. The number of carbonyl (C=O) groups excluding carboxylic acids is 1. The van der Waals surface area contributed by atoms with Gasteiger partial charge in [0.2, 0.25) is 0 Å². The maximum atomic E-state index is 12.3. The molecule has 0 aromatic carbocycles. The zero-order valence-electron chi connectivity index (χ0n) is 12.9. The van der Waals surface area contributed by atoms with Gasteiger partial charge in [0.15, 0.2) is 0 Å². The Morgan fingerprint density at radius 2 is 2.22 bits per heavy atom. The second-order valence-electron chi connectivity index (χ2n) is 6.57. The fraction of sp³-hybridized carbons (Fsp3) is 0.312. The number of thiophene rings is 1. The Hall–Kier alpha value is -2.41. The number of aromatic amines is 2. The largest absolute Gasteiger partial charge is 0.350 e. The quantitative estimate of drug-likeness (QED) is 0.676. The molecule has 3 aromatic rings. The van der Waals surface area contributed by atoms with Crippen LogP contribution in [0.3, 0.4) is 0 Å². The molecule has 0 unspecified atom stereocenters. The Balaban J connectivity index is 1.80. The predicted octanol–water partition coefficient (Wildman–Crippen LogP) is 2.84. The standard InChI is InChI=1S/C16H17N5OS/c1-16(2)6-10-13(15(22)17-8-16)20-14(19-10)9-7-18-21-12(9)11-4-3-5-23-11/h3-5,7H,6,8H2,1-2H3,(H,17,22)(H,18,21)(H,19,20). The van der Waals surface area contributed by atoms with Gasteiger partial charge < -0.3 is 10.3 Å². The van der Waals surface area contributed by atoms with Gasteiger partial charge in [-0.1, -0.05) is 19.9 Å². The van der Waals surface area contributed by atoms with E-state index in [1.807, 2.05) is 17.5 Å². The molecule has 0 spiro atoms. The molecule has 6 nitrogen and oxygen atoms in total. The van der Waals surface area contributed by atoms with Crippen LogP contribution in [0.15, 0.2) is 23.7 Å². The lowest BCUT2D eigenvalue weighted by Crippen LogP contribution is -2.32. The lowest BCUT2D eigenvalue weighted by atomic mass is 9.88. The maximum Gasteiger partial charge on any atom is 0.271 e. The average Bonchev–Trinajstić information content (AvgIpc) is 3.22. The predicted molar refractivity (Wildman–Crippen MR) is 89.3 cm³/mol. The van der Waals surface area contributed by atoms with E-state index in [0.717, 1.165) is 28.2 Å². The lowest BCUT2D eigenvalue weighted by Gasteiger charge is -2.21. The summed E-state index contributed by atoms with van der Waals surface area (Å²) < 4.78 is 0. The smallest absolute Gasteiger partial charge is 0.271 e. The van der Waals surface area contributed by atoms with Gasteiger partial charge >= 0.3 is 0 Å². The Kier molecular flexibility index (Phi) is 3.12. The third-order valence-corrected chi connectivity index (χ3v) is 4.93. The molecule has 0 saturated carbocycles. The second kappa shape index (κ2) is 5.06. The molecule has 0 fully saturated rings. The van der Waals surface area contributed by atoms with Crippen molar-refractivity contribution in [3.8, 4) is 22.0 Å². The van der Waals surface area contributed by atoms with Crippen LogP contribution in [0, 0.1) is 5.41 Å². The van der Waals surface area contributed by atoms with Crippen molar-refractivity contribution in [3.63, 3.8) is 0 Å². The minimum absolute atomic E-state index is 0.00229. The van der Waals surface area contributed by atoms with E-state index in [-0.39, 0.29) is 11.3 Å². The summed E-state index contributed by atoms with van der Waals surface area (Å²) in [6.45, 7) is 4.92. The van der Waals surface area contributed by atoms with Crippen LogP contribution in [0.2, 0.25) is 0 Å². The summed E-state index contributed by atoms with van der Waals surface area (Å²) >= 11 is 1.64. The molecule has 1 aliphatic rings. The van der Waals surface area contributed by atoms with Crippen LogP contribution in [-0.2, 0) is 6.42 Å². The summed E-state index contributed by atoms with van der Waals surface area (Å²) in [5, 5.41) is 12.1. The number of hydrogen-bond donors (Lipinski definition) is 3. The summed E-state index contributed by atoms with van der Waals surface area (Å²) in [7, 11) is 0. The molecule has 0 aliphatic carbocycles. The number of aromatic nitrogens is 4. The number of amides is 1. The average molecular weight is 327 g/mol. The number of H-pyrrole nitrogens is 2. The molecule has 1 aliphatic heterocycles. The fourth-order valence-electron chi connectivity index (χ4n) is 2.87. The molecule has 0 bridgehead atoms. The van der Waals surface area contributed by atoms with E-state index in [1.54, 1.807) is 17.5 Å². The molecule has 3 N–H and O–H groups in total. The summed E-state index contributed by atoms with van der Waals surface area (Å²) in [5.41, 5.74) is 3.18. The van der Waals surface area contributed by atoms with E-state index in [4.69, 9.17) is 0 Å². The minimum atomic E-state index is -0.116. The third-order valence-electron chi connectivity index (χ3n) is 4.04. The number of hydrogen-bond acceptors (Lipinski definition) is 4. The van der Waals surface area contributed by atoms with Crippen molar-refractivity contribution in [2.24, 2.45) is 5.41 Å². The number of nitrogens with zero attached hydrogens (tertiary/aromatic N) is 2. The van der Waals surface area contributed by atoms with E-state index >= 15 is 0 Å². The van der Waals surface area contributed by atoms with Crippen molar-refractivity contribution in [3.05, 3.63) is 35.1 Å². The molecular formula is C16H17N5OS. The molecule has 4 rings (SSSR count). The van der Waals surface area contributed by atoms with Crippen molar-refractivity contribution in [1.29, 1.82) is 0 Å². The summed E-state index contributed by atoms with van der Waals surface area (Å²) in [5.74, 6) is 0.564. The van der Waals surface area contributed by atoms with E-state index in [0.29, 0.717) is 18.1 Å². The number of fused-ring (bicyclic) bond motifs is 1. The van der Waals surface area contributed by atoms with E-state index < -0.39 is 0 Å². The van der Waals surface area contributed by atoms with Crippen LogP contribution in [0.5, 0.6) is 0 Å². The molecule has 0 radical (unpaired) electrons. The minimum Gasteiger partial charge on any atom is -0.350 e. The summed E-state index contributed by atoms with van der Waals surface area (Å²) in [6.07, 6.45) is 2.52. The van der Waals surface area contributed by atoms with Crippen LogP contribution < -0.4 is 5.32 Å². The first kappa shape index (κ1) is 14.2. The van der Waals surface area contributed by atoms with E-state index in [1.165, 1.54) is 0 Å². The zero-order valence-corrected chi connectivity index (χ0v) is 13.8. The van der Waals surface area contributed by atoms with Crippen molar-refractivity contribution in [2.45, 2.75) is 20.3 Å². The van der Waals surface area contributed by atoms with Gasteiger partial charge in [-0.05, 0) is 23.3 Å². The van der Waals surface area contributed by atoms with Crippen LogP contribution in [0.4, 0.5) is 0 Å². The van der Waals surface area contributed by atoms with Gasteiger partial charge in [-0.15, -0.1) is 11.3 Å². The fourth-order valence-corrected chi connectivity index (χ4v) is 3.61. The highest BCUT2D eigenvalue weighted by molar-refractivity contribution is 7.13. The highest BCUT2D eigenvalue weighted by atomic mass is 32.1. The molecule has 4 heterocycles. The van der Waals surface area contributed by atoms with Crippen molar-refractivity contribution >= 4 is 17.2 Å². The van der Waals surface area contributed by atoms with Gasteiger partial charge in [0, 0.05) is 12.2 Å². The molecule has 0 atom stereocenters. The van der Waals surface area contributed by atoms with Crippen LogP contribution >= 0.6 is 11.3 Å². The Morgan fingerprint density at radius 3 is 3.00 bits per heavy atom. The number of imidazole rings is 1. The molecule has 118 valence electrons. The first-order chi connectivity index (χ1) is 11.0. The zero-order chi connectivity index (χ0) is 16.0. The second-order valence-corrected chi connectivity index (χ2v) is 7.52. The van der Waals surface area contributed by atoms with Gasteiger partial charge in [0.05, 0.1) is 22.3 Å². The Morgan fingerprint density at radius 1 is 1.35 bits per heavy atom. The van der Waals surface area contributed by atoms with Gasteiger partial charge in [0.25, 0.3) is 5.91 Å². The van der Waals surface area contributed by atoms with Gasteiger partial charge in [-0.25, -0.2) is 4.98 Å². The highest BCUT2D eigenvalue weighted by Crippen LogP contribution is 2.33. The van der Waals surface area contributed by atoms with Crippen molar-refractivity contribution < 1.29 is 4.79 Å². The number of carbonyl (C=O) groups is 1. The van der Waals surface area contributed by atoms with Crippen LogP contribution in [0.1, 0.15) is 30.0 Å². The monoisotopic (exact) mass is 327 g/mol. The van der Waals surface area contributed by atoms with Gasteiger partial charge in [0.1, 0.15) is 11.5 Å². The molecule has 1 amide bonds. The van der Waals surface area contributed by atoms with E-state index in [2.05, 4.69) is 39.3 Å². The topological polar surface area (TPSA) is 86.5 Å². The lowest BCUT2D eigenvalue weighted by molar-refractivity contribution is 0.0940. The molecule has 3 aromatic heterocycles. The Bertz CT molecular complexity index is 859. The first-order valence-electron chi connectivity index (χ1n) is 7.48. The summed E-state index contributed by atoms with van der Waals surface area (Å²) in [6, 6.07) is 4.03. The van der Waals surface area contributed by atoms with E-state index in [9.17, 15) is 4.79 Å². The molecular weight excluding hydrogens is 310 g/mol. The molecule has 0 saturated heterocycles. The van der Waals surface area contributed by atoms with Gasteiger partial charge in [-0.3, -0.25) is 9.89 Å². The number of rotatable bonds is 2. The highest BCUT2D eigenvalue weighted by Gasteiger charge is 2.30. The van der Waals surface area contributed by atoms with Crippen LogP contribution in [-0.4, -0.2) is 32.6 Å². The molecule has 23 heavy (non-hydrogen) atoms. The number of nitrogens with one attached hydrogen (secondary N) is 3. The van der Waals surface area contributed by atoms with Crippen molar-refractivity contribution in [1.82, 2.24) is 25.5 Å². The van der Waals surface area contributed by atoms with Gasteiger partial charge in [-0.2, -0.15) is 5.10 Å². The normalized spacial score (nSPS) is 16.7. The third kappa shape index (κ3) is 2.46. The van der Waals surface area contributed by atoms with Crippen LogP contribution in [0.25, 0.3) is 22.0 Å². The SMILES string of the molecule is CC1(C)CNC(=O)c2nc(-c3cn[nH]c3-c3cccs3)[nH]c2C1. The molecule has 7 heteroatoms.